The smallest absolute Gasteiger partial charge is 0.228 e. The molecule has 3 rings (SSSR count). The first-order valence-corrected chi connectivity index (χ1v) is 8.90. The van der Waals surface area contributed by atoms with E-state index in [0.717, 1.165) is 19.4 Å². The average molecular weight is 354 g/mol. The quantitative estimate of drug-likeness (QED) is 0.829. The number of carbonyl (C=O) groups excluding carboxylic acids is 2. The van der Waals surface area contributed by atoms with Crippen molar-refractivity contribution in [2.24, 2.45) is 5.92 Å². The highest BCUT2D eigenvalue weighted by Crippen LogP contribution is 2.21. The Bertz CT molecular complexity index is 806. The average Bonchev–Trinajstić information content (AvgIpc) is 2.64. The number of likely N-dealkylation sites (tertiary alicyclic amines) is 1. The van der Waals surface area contributed by atoms with Gasteiger partial charge in [-0.25, -0.2) is 4.39 Å². The van der Waals surface area contributed by atoms with Crippen molar-refractivity contribution in [1.29, 1.82) is 0 Å². The van der Waals surface area contributed by atoms with E-state index in [-0.39, 0.29) is 23.4 Å². The number of hydrogen-bond donors (Lipinski definition) is 1. The summed E-state index contributed by atoms with van der Waals surface area (Å²) in [6.07, 6.45) is 1.71. The number of halogens is 1. The van der Waals surface area contributed by atoms with Gasteiger partial charge in [-0.2, -0.15) is 0 Å². The van der Waals surface area contributed by atoms with Crippen molar-refractivity contribution < 1.29 is 14.0 Å². The van der Waals surface area contributed by atoms with Crippen LogP contribution in [0.1, 0.15) is 35.7 Å². The molecular weight excluding hydrogens is 331 g/mol. The van der Waals surface area contributed by atoms with Gasteiger partial charge in [0.2, 0.25) is 5.91 Å². The van der Waals surface area contributed by atoms with E-state index in [1.807, 2.05) is 6.07 Å². The van der Waals surface area contributed by atoms with Crippen molar-refractivity contribution in [3.8, 4) is 0 Å². The third-order valence-electron chi connectivity index (χ3n) is 4.76. The number of benzene rings is 2. The Morgan fingerprint density at radius 2 is 2.00 bits per heavy atom. The van der Waals surface area contributed by atoms with E-state index in [1.54, 1.807) is 36.4 Å². The molecule has 5 heteroatoms. The normalized spacial score (nSPS) is 17.7. The van der Waals surface area contributed by atoms with Crippen LogP contribution in [0.5, 0.6) is 0 Å². The van der Waals surface area contributed by atoms with Crippen LogP contribution >= 0.6 is 0 Å². The first kappa shape index (κ1) is 18.3. The zero-order valence-electron chi connectivity index (χ0n) is 14.9. The van der Waals surface area contributed by atoms with E-state index in [4.69, 9.17) is 0 Å². The standard InChI is InChI=1S/C21H23FN2O2/c1-15(25)16-7-4-9-19(12-16)23-21(26)18-8-5-11-24(14-18)13-17-6-2-3-10-20(17)22/h2-4,6-7,9-10,12,18H,5,8,11,13-14H2,1H3,(H,23,26). The van der Waals surface area contributed by atoms with Gasteiger partial charge in [-0.3, -0.25) is 14.5 Å². The number of carbonyl (C=O) groups is 2. The van der Waals surface area contributed by atoms with E-state index < -0.39 is 0 Å². The van der Waals surface area contributed by atoms with Gasteiger partial charge in [-0.1, -0.05) is 30.3 Å². The van der Waals surface area contributed by atoms with Crippen molar-refractivity contribution in [2.75, 3.05) is 18.4 Å². The van der Waals surface area contributed by atoms with Gasteiger partial charge >= 0.3 is 0 Å². The third kappa shape index (κ3) is 4.55. The Hall–Kier alpha value is -2.53. The largest absolute Gasteiger partial charge is 0.326 e. The van der Waals surface area contributed by atoms with Crippen molar-refractivity contribution in [2.45, 2.75) is 26.3 Å². The number of ketones is 1. The molecule has 2 aromatic carbocycles. The first-order chi connectivity index (χ1) is 12.5. The lowest BCUT2D eigenvalue weighted by Gasteiger charge is -2.32. The van der Waals surface area contributed by atoms with Gasteiger partial charge in [-0.15, -0.1) is 0 Å². The third-order valence-corrected chi connectivity index (χ3v) is 4.76. The van der Waals surface area contributed by atoms with E-state index in [1.165, 1.54) is 13.0 Å². The molecule has 0 aromatic heterocycles. The fourth-order valence-electron chi connectivity index (χ4n) is 3.34. The summed E-state index contributed by atoms with van der Waals surface area (Å²) in [4.78, 5) is 26.2. The van der Waals surface area contributed by atoms with Crippen LogP contribution in [-0.4, -0.2) is 29.7 Å². The van der Waals surface area contributed by atoms with Crippen molar-refractivity contribution >= 4 is 17.4 Å². The number of anilines is 1. The topological polar surface area (TPSA) is 49.4 Å². The van der Waals surface area contributed by atoms with Gasteiger partial charge in [0.1, 0.15) is 5.82 Å². The summed E-state index contributed by atoms with van der Waals surface area (Å²) >= 11 is 0. The van der Waals surface area contributed by atoms with Crippen LogP contribution in [0.15, 0.2) is 48.5 Å². The molecule has 1 unspecified atom stereocenters. The van der Waals surface area contributed by atoms with Crippen LogP contribution < -0.4 is 5.32 Å². The molecule has 1 N–H and O–H groups in total. The second-order valence-electron chi connectivity index (χ2n) is 6.79. The maximum absolute atomic E-state index is 13.9. The molecule has 4 nitrogen and oxygen atoms in total. The molecule has 1 atom stereocenters. The van der Waals surface area contributed by atoms with Crippen molar-refractivity contribution in [3.63, 3.8) is 0 Å². The number of nitrogens with one attached hydrogen (secondary N) is 1. The zero-order chi connectivity index (χ0) is 18.5. The maximum Gasteiger partial charge on any atom is 0.228 e. The Balaban J connectivity index is 1.62. The molecule has 0 saturated carbocycles. The molecule has 1 aliphatic rings. The Morgan fingerprint density at radius 3 is 2.77 bits per heavy atom. The summed E-state index contributed by atoms with van der Waals surface area (Å²) in [6.45, 7) is 3.48. The van der Waals surface area contributed by atoms with Crippen LogP contribution in [0, 0.1) is 11.7 Å². The number of rotatable bonds is 5. The maximum atomic E-state index is 13.9. The molecule has 0 radical (unpaired) electrons. The van der Waals surface area contributed by atoms with Gasteiger partial charge in [0.05, 0.1) is 5.92 Å². The van der Waals surface area contributed by atoms with E-state index in [2.05, 4.69) is 10.2 Å². The van der Waals surface area contributed by atoms with Crippen molar-refractivity contribution in [1.82, 2.24) is 4.90 Å². The second-order valence-corrected chi connectivity index (χ2v) is 6.79. The fourth-order valence-corrected chi connectivity index (χ4v) is 3.34. The van der Waals surface area contributed by atoms with E-state index in [0.29, 0.717) is 29.9 Å². The minimum absolute atomic E-state index is 0.0326. The minimum Gasteiger partial charge on any atom is -0.326 e. The summed E-state index contributed by atoms with van der Waals surface area (Å²) in [5.41, 5.74) is 1.87. The number of Topliss-reactive ketones (excluding diaryl/α,β-unsaturated/α-hetero) is 1. The molecule has 1 heterocycles. The van der Waals surface area contributed by atoms with Crippen LogP contribution in [0.2, 0.25) is 0 Å². The van der Waals surface area contributed by atoms with Crippen LogP contribution in [0.25, 0.3) is 0 Å². The molecule has 0 aliphatic carbocycles. The summed E-state index contributed by atoms with van der Waals surface area (Å²) in [5.74, 6) is -0.435. The Labute approximate surface area is 153 Å². The summed E-state index contributed by atoms with van der Waals surface area (Å²) < 4.78 is 13.9. The lowest BCUT2D eigenvalue weighted by atomic mass is 9.96. The molecule has 1 aliphatic heterocycles. The molecule has 1 amide bonds. The van der Waals surface area contributed by atoms with Gasteiger partial charge in [-0.05, 0) is 44.5 Å². The second kappa shape index (κ2) is 8.23. The van der Waals surface area contributed by atoms with Crippen LogP contribution in [0.3, 0.4) is 0 Å². The Morgan fingerprint density at radius 1 is 1.19 bits per heavy atom. The zero-order valence-corrected chi connectivity index (χ0v) is 14.9. The number of amides is 1. The predicted molar refractivity (Wildman–Crippen MR) is 99.5 cm³/mol. The minimum atomic E-state index is -0.208. The van der Waals surface area contributed by atoms with Gasteiger partial charge in [0.25, 0.3) is 0 Å². The Kier molecular flexibility index (Phi) is 5.78. The highest BCUT2D eigenvalue weighted by molar-refractivity contribution is 5.97. The molecule has 2 aromatic rings. The number of piperidine rings is 1. The fraction of sp³-hybridized carbons (Fsp3) is 0.333. The summed E-state index contributed by atoms with van der Waals surface area (Å²) in [6, 6.07) is 13.7. The van der Waals surface area contributed by atoms with E-state index in [9.17, 15) is 14.0 Å². The number of hydrogen-bond acceptors (Lipinski definition) is 3. The first-order valence-electron chi connectivity index (χ1n) is 8.90. The highest BCUT2D eigenvalue weighted by atomic mass is 19.1. The van der Waals surface area contributed by atoms with E-state index >= 15 is 0 Å². The van der Waals surface area contributed by atoms with Crippen LogP contribution in [-0.2, 0) is 11.3 Å². The molecular formula is C21H23FN2O2. The van der Waals surface area contributed by atoms with Gasteiger partial charge in [0.15, 0.2) is 5.78 Å². The molecule has 0 spiro atoms. The molecule has 26 heavy (non-hydrogen) atoms. The number of nitrogens with zero attached hydrogens (tertiary/aromatic N) is 1. The molecule has 136 valence electrons. The summed E-state index contributed by atoms with van der Waals surface area (Å²) in [5, 5.41) is 2.91. The monoisotopic (exact) mass is 354 g/mol. The highest BCUT2D eigenvalue weighted by Gasteiger charge is 2.26. The molecule has 0 bridgehead atoms. The van der Waals surface area contributed by atoms with Crippen molar-refractivity contribution in [3.05, 3.63) is 65.5 Å². The van der Waals surface area contributed by atoms with Crippen LogP contribution in [0.4, 0.5) is 10.1 Å². The lowest BCUT2D eigenvalue weighted by molar-refractivity contribution is -0.121. The predicted octanol–water partition coefficient (Wildman–Crippen LogP) is 3.88. The molecule has 1 saturated heterocycles. The lowest BCUT2D eigenvalue weighted by Crippen LogP contribution is -2.40. The molecule has 1 fully saturated rings. The van der Waals surface area contributed by atoms with Gasteiger partial charge in [0, 0.05) is 29.9 Å². The van der Waals surface area contributed by atoms with Gasteiger partial charge < -0.3 is 5.32 Å². The SMILES string of the molecule is CC(=O)c1cccc(NC(=O)C2CCCN(Cc3ccccc3F)C2)c1. The summed E-state index contributed by atoms with van der Waals surface area (Å²) in [7, 11) is 0.